The standard InChI is InChI=1S/C15H27NO4/c1-11-6-4-5-7-13(11)9-20-10-14(17)8-16-12(2)15(18)19-3/h4-5,11-14,16-17H,6-10H2,1-3H3. The van der Waals surface area contributed by atoms with Crippen molar-refractivity contribution in [2.45, 2.75) is 38.8 Å². The van der Waals surface area contributed by atoms with E-state index in [0.29, 0.717) is 25.0 Å². The first-order chi connectivity index (χ1) is 9.54. The normalized spacial score (nSPS) is 25.2. The highest BCUT2D eigenvalue weighted by molar-refractivity contribution is 5.75. The van der Waals surface area contributed by atoms with Crippen LogP contribution >= 0.6 is 0 Å². The number of carbonyl (C=O) groups excluding carboxylic acids is 1. The molecule has 0 heterocycles. The first-order valence-electron chi connectivity index (χ1n) is 7.26. The maximum Gasteiger partial charge on any atom is 0.322 e. The SMILES string of the molecule is COC(=O)C(C)NCC(O)COCC1CC=CCC1C. The van der Waals surface area contributed by atoms with Gasteiger partial charge in [0, 0.05) is 6.54 Å². The molecule has 0 fully saturated rings. The van der Waals surface area contributed by atoms with Crippen LogP contribution in [-0.2, 0) is 14.3 Å². The number of allylic oxidation sites excluding steroid dienone is 2. The molecule has 0 aromatic rings. The van der Waals surface area contributed by atoms with Crippen molar-refractivity contribution in [3.05, 3.63) is 12.2 Å². The Balaban J connectivity index is 2.12. The highest BCUT2D eigenvalue weighted by atomic mass is 16.5. The molecule has 0 aliphatic heterocycles. The van der Waals surface area contributed by atoms with E-state index in [2.05, 4.69) is 29.1 Å². The van der Waals surface area contributed by atoms with Crippen molar-refractivity contribution in [3.8, 4) is 0 Å². The molecule has 0 saturated heterocycles. The van der Waals surface area contributed by atoms with Crippen LogP contribution in [0.15, 0.2) is 12.2 Å². The van der Waals surface area contributed by atoms with E-state index in [4.69, 9.17) is 4.74 Å². The second-order valence-corrected chi connectivity index (χ2v) is 5.52. The van der Waals surface area contributed by atoms with Crippen molar-refractivity contribution in [3.63, 3.8) is 0 Å². The molecule has 0 saturated carbocycles. The van der Waals surface area contributed by atoms with Crippen LogP contribution in [0.2, 0.25) is 0 Å². The predicted octanol–water partition coefficient (Wildman–Crippen LogP) is 1.12. The number of aliphatic hydroxyl groups excluding tert-OH is 1. The fraction of sp³-hybridized carbons (Fsp3) is 0.800. The number of hydrogen-bond donors (Lipinski definition) is 2. The molecule has 1 aliphatic carbocycles. The van der Waals surface area contributed by atoms with Crippen LogP contribution in [0.4, 0.5) is 0 Å². The Bertz CT molecular complexity index is 319. The molecule has 0 spiro atoms. The van der Waals surface area contributed by atoms with Crippen molar-refractivity contribution < 1.29 is 19.4 Å². The number of rotatable bonds is 8. The highest BCUT2D eigenvalue weighted by Gasteiger charge is 2.19. The van der Waals surface area contributed by atoms with Crippen LogP contribution in [0.3, 0.4) is 0 Å². The van der Waals surface area contributed by atoms with Crippen molar-refractivity contribution in [2.75, 3.05) is 26.9 Å². The molecule has 4 atom stereocenters. The van der Waals surface area contributed by atoms with Crippen molar-refractivity contribution >= 4 is 5.97 Å². The third-order valence-electron chi connectivity index (χ3n) is 3.77. The van der Waals surface area contributed by atoms with Crippen molar-refractivity contribution in [1.29, 1.82) is 0 Å². The summed E-state index contributed by atoms with van der Waals surface area (Å²) in [4.78, 5) is 11.2. The molecule has 5 heteroatoms. The van der Waals surface area contributed by atoms with Crippen molar-refractivity contribution in [1.82, 2.24) is 5.32 Å². The molecular formula is C15H27NO4. The van der Waals surface area contributed by atoms with Gasteiger partial charge in [-0.15, -0.1) is 0 Å². The number of aliphatic hydroxyl groups is 1. The van der Waals surface area contributed by atoms with Gasteiger partial charge in [-0.3, -0.25) is 4.79 Å². The first-order valence-corrected chi connectivity index (χ1v) is 7.26. The predicted molar refractivity (Wildman–Crippen MR) is 77.3 cm³/mol. The molecular weight excluding hydrogens is 258 g/mol. The number of ether oxygens (including phenoxy) is 2. The third kappa shape index (κ3) is 6.03. The molecule has 1 rings (SSSR count). The topological polar surface area (TPSA) is 67.8 Å². The van der Waals surface area contributed by atoms with Crippen LogP contribution in [-0.4, -0.2) is 50.1 Å². The maximum atomic E-state index is 11.2. The van der Waals surface area contributed by atoms with Gasteiger partial charge in [-0.2, -0.15) is 0 Å². The summed E-state index contributed by atoms with van der Waals surface area (Å²) >= 11 is 0. The van der Waals surface area contributed by atoms with E-state index in [0.717, 1.165) is 12.8 Å². The molecule has 116 valence electrons. The van der Waals surface area contributed by atoms with E-state index in [1.807, 2.05) is 0 Å². The van der Waals surface area contributed by atoms with Crippen LogP contribution in [0, 0.1) is 11.8 Å². The van der Waals surface area contributed by atoms with E-state index in [1.54, 1.807) is 6.92 Å². The lowest BCUT2D eigenvalue weighted by Gasteiger charge is -2.25. The lowest BCUT2D eigenvalue weighted by molar-refractivity contribution is -0.142. The minimum atomic E-state index is -0.614. The van der Waals surface area contributed by atoms with Crippen molar-refractivity contribution in [2.24, 2.45) is 11.8 Å². The minimum Gasteiger partial charge on any atom is -0.468 e. The minimum absolute atomic E-state index is 0.286. The quantitative estimate of drug-likeness (QED) is 0.517. The lowest BCUT2D eigenvalue weighted by atomic mass is 9.85. The largest absolute Gasteiger partial charge is 0.468 e. The number of nitrogens with one attached hydrogen (secondary N) is 1. The number of carbonyl (C=O) groups is 1. The van der Waals surface area contributed by atoms with E-state index >= 15 is 0 Å². The van der Waals surface area contributed by atoms with E-state index in [-0.39, 0.29) is 12.6 Å². The van der Waals surface area contributed by atoms with Gasteiger partial charge in [-0.25, -0.2) is 0 Å². The maximum absolute atomic E-state index is 11.2. The van der Waals surface area contributed by atoms with Gasteiger partial charge in [0.05, 0.1) is 26.4 Å². The zero-order chi connectivity index (χ0) is 15.0. The summed E-state index contributed by atoms with van der Waals surface area (Å²) in [5, 5.41) is 12.7. The summed E-state index contributed by atoms with van der Waals surface area (Å²) in [6.45, 7) is 5.21. The Kier molecular flexibility index (Phi) is 7.80. The zero-order valence-corrected chi connectivity index (χ0v) is 12.7. The summed E-state index contributed by atoms with van der Waals surface area (Å²) in [6, 6.07) is -0.418. The van der Waals surface area contributed by atoms with Gasteiger partial charge < -0.3 is 19.9 Å². The smallest absolute Gasteiger partial charge is 0.322 e. The van der Waals surface area contributed by atoms with Gasteiger partial charge in [0.15, 0.2) is 0 Å². The summed E-state index contributed by atoms with van der Waals surface area (Å²) in [5.41, 5.74) is 0. The third-order valence-corrected chi connectivity index (χ3v) is 3.77. The molecule has 4 unspecified atom stereocenters. The molecule has 0 aromatic carbocycles. The van der Waals surface area contributed by atoms with Gasteiger partial charge >= 0.3 is 5.97 Å². The Morgan fingerprint density at radius 1 is 1.45 bits per heavy atom. The zero-order valence-electron chi connectivity index (χ0n) is 12.7. The van der Waals surface area contributed by atoms with Gasteiger partial charge in [-0.1, -0.05) is 19.1 Å². The number of esters is 1. The first kappa shape index (κ1) is 17.1. The van der Waals surface area contributed by atoms with Crippen LogP contribution in [0.25, 0.3) is 0 Å². The number of methoxy groups -OCH3 is 1. The van der Waals surface area contributed by atoms with Crippen LogP contribution in [0.1, 0.15) is 26.7 Å². The molecule has 1 aliphatic rings. The Morgan fingerprint density at radius 2 is 2.15 bits per heavy atom. The number of hydrogen-bond acceptors (Lipinski definition) is 5. The molecule has 5 nitrogen and oxygen atoms in total. The Labute approximate surface area is 121 Å². The highest BCUT2D eigenvalue weighted by Crippen LogP contribution is 2.24. The summed E-state index contributed by atoms with van der Waals surface area (Å²) < 4.78 is 10.2. The molecule has 0 aromatic heterocycles. The summed E-state index contributed by atoms with van der Waals surface area (Å²) in [5.74, 6) is 0.838. The second-order valence-electron chi connectivity index (χ2n) is 5.52. The molecule has 0 bridgehead atoms. The summed E-state index contributed by atoms with van der Waals surface area (Å²) in [7, 11) is 1.35. The van der Waals surface area contributed by atoms with Gasteiger partial charge in [0.2, 0.25) is 0 Å². The lowest BCUT2D eigenvalue weighted by Crippen LogP contribution is -2.41. The second kappa shape index (κ2) is 9.10. The van der Waals surface area contributed by atoms with Gasteiger partial charge in [-0.05, 0) is 31.6 Å². The Hall–Kier alpha value is -0.910. The molecule has 2 N–H and O–H groups in total. The van der Waals surface area contributed by atoms with E-state index in [9.17, 15) is 9.90 Å². The van der Waals surface area contributed by atoms with E-state index < -0.39 is 12.1 Å². The monoisotopic (exact) mass is 285 g/mol. The van der Waals surface area contributed by atoms with Gasteiger partial charge in [0.25, 0.3) is 0 Å². The fourth-order valence-electron chi connectivity index (χ4n) is 2.23. The van der Waals surface area contributed by atoms with Gasteiger partial charge in [0.1, 0.15) is 6.04 Å². The van der Waals surface area contributed by atoms with Crippen LogP contribution in [0.5, 0.6) is 0 Å². The average Bonchev–Trinajstić information content (AvgIpc) is 2.45. The van der Waals surface area contributed by atoms with E-state index in [1.165, 1.54) is 7.11 Å². The molecule has 0 amide bonds. The summed E-state index contributed by atoms with van der Waals surface area (Å²) in [6.07, 6.45) is 5.96. The molecule has 0 radical (unpaired) electrons. The van der Waals surface area contributed by atoms with Crippen LogP contribution < -0.4 is 5.32 Å². The Morgan fingerprint density at radius 3 is 2.80 bits per heavy atom. The fourth-order valence-corrected chi connectivity index (χ4v) is 2.23. The molecule has 20 heavy (non-hydrogen) atoms. The average molecular weight is 285 g/mol.